The van der Waals surface area contributed by atoms with Crippen LogP contribution in [0.15, 0.2) is 18.2 Å². The summed E-state index contributed by atoms with van der Waals surface area (Å²) < 4.78 is 62.0. The SMILES string of the molecule is CCOC(=O)CN(COCCCS(=O)(=O)N[C@H](C)c1ccc(F)c(OCC(C)C)c1)C(=O)OCC. The molecule has 0 heterocycles. The number of benzene rings is 1. The van der Waals surface area contributed by atoms with Crippen LogP contribution in [-0.4, -0.2) is 70.8 Å². The van der Waals surface area contributed by atoms with Gasteiger partial charge in [0.2, 0.25) is 10.0 Å². The van der Waals surface area contributed by atoms with Crippen LogP contribution in [-0.2, 0) is 29.0 Å². The largest absolute Gasteiger partial charge is 0.490 e. The van der Waals surface area contributed by atoms with Crippen molar-refractivity contribution in [3.8, 4) is 5.75 Å². The van der Waals surface area contributed by atoms with E-state index in [9.17, 15) is 22.4 Å². The van der Waals surface area contributed by atoms with Gasteiger partial charge in [0.05, 0.1) is 25.6 Å². The molecule has 0 saturated heterocycles. The molecule has 1 atom stereocenters. The molecule has 0 aliphatic heterocycles. The van der Waals surface area contributed by atoms with E-state index in [4.69, 9.17) is 18.9 Å². The van der Waals surface area contributed by atoms with Crippen LogP contribution in [0.3, 0.4) is 0 Å². The molecule has 0 aromatic heterocycles. The van der Waals surface area contributed by atoms with Crippen LogP contribution >= 0.6 is 0 Å². The molecule has 0 aliphatic rings. The Morgan fingerprint density at radius 1 is 1.11 bits per heavy atom. The molecule has 12 heteroatoms. The van der Waals surface area contributed by atoms with Crippen LogP contribution in [0.1, 0.15) is 52.6 Å². The maximum Gasteiger partial charge on any atom is 0.412 e. The topological polar surface area (TPSA) is 120 Å². The molecule has 0 bridgehead atoms. The summed E-state index contributed by atoms with van der Waals surface area (Å²) in [5.74, 6) is -1.06. The lowest BCUT2D eigenvalue weighted by atomic mass is 10.1. The van der Waals surface area contributed by atoms with E-state index in [0.29, 0.717) is 12.2 Å². The van der Waals surface area contributed by atoms with Crippen molar-refractivity contribution in [2.75, 3.05) is 45.5 Å². The Kier molecular flexibility index (Phi) is 13.6. The fraction of sp³-hybridized carbons (Fsp3) is 0.652. The number of carbonyl (C=O) groups is 2. The summed E-state index contributed by atoms with van der Waals surface area (Å²) in [7, 11) is -3.67. The number of nitrogens with one attached hydrogen (secondary N) is 1. The highest BCUT2D eigenvalue weighted by Crippen LogP contribution is 2.24. The predicted molar refractivity (Wildman–Crippen MR) is 128 cm³/mol. The summed E-state index contributed by atoms with van der Waals surface area (Å²) in [4.78, 5) is 24.7. The number of nitrogens with zero attached hydrogens (tertiary/aromatic N) is 1. The highest BCUT2D eigenvalue weighted by molar-refractivity contribution is 7.89. The van der Waals surface area contributed by atoms with E-state index in [1.54, 1.807) is 20.8 Å². The van der Waals surface area contributed by atoms with Crippen molar-refractivity contribution in [1.29, 1.82) is 0 Å². The molecule has 1 aromatic rings. The number of carbonyl (C=O) groups excluding carboxylic acids is 2. The van der Waals surface area contributed by atoms with Gasteiger partial charge in [0, 0.05) is 12.6 Å². The standard InChI is InChI=1S/C23H37FN2O8S/c1-6-32-22(27)14-26(23(28)33-7-2)16-31-11-8-12-35(29,30)25-18(5)19-9-10-20(24)21(13-19)34-15-17(3)4/h9-10,13,17-18,25H,6-8,11-12,14-16H2,1-5H3/t18-/m1/s1. The molecule has 35 heavy (non-hydrogen) atoms. The van der Waals surface area contributed by atoms with Gasteiger partial charge in [-0.1, -0.05) is 19.9 Å². The zero-order valence-electron chi connectivity index (χ0n) is 21.0. The minimum atomic E-state index is -3.67. The Labute approximate surface area is 207 Å². The zero-order valence-corrected chi connectivity index (χ0v) is 21.9. The third-order valence-electron chi connectivity index (χ3n) is 4.48. The quantitative estimate of drug-likeness (QED) is 0.200. The van der Waals surface area contributed by atoms with E-state index in [-0.39, 0.29) is 56.9 Å². The maximum absolute atomic E-state index is 14.0. The van der Waals surface area contributed by atoms with Crippen molar-refractivity contribution < 1.29 is 41.3 Å². The molecule has 0 aliphatic carbocycles. The highest BCUT2D eigenvalue weighted by atomic mass is 32.2. The molecular formula is C23H37FN2O8S. The molecule has 200 valence electrons. The minimum absolute atomic E-state index is 0.0256. The lowest BCUT2D eigenvalue weighted by molar-refractivity contribution is -0.145. The lowest BCUT2D eigenvalue weighted by Gasteiger charge is -2.20. The van der Waals surface area contributed by atoms with E-state index in [2.05, 4.69) is 4.72 Å². The number of ether oxygens (including phenoxy) is 4. The highest BCUT2D eigenvalue weighted by Gasteiger charge is 2.20. The van der Waals surface area contributed by atoms with Gasteiger partial charge in [0.25, 0.3) is 0 Å². The van der Waals surface area contributed by atoms with E-state index in [1.807, 2.05) is 13.8 Å². The van der Waals surface area contributed by atoms with Gasteiger partial charge in [-0.05, 0) is 50.8 Å². The van der Waals surface area contributed by atoms with Crippen molar-refractivity contribution >= 4 is 22.1 Å². The van der Waals surface area contributed by atoms with Gasteiger partial charge >= 0.3 is 12.1 Å². The molecule has 0 saturated carbocycles. The Balaban J connectivity index is 2.56. The Morgan fingerprint density at radius 2 is 1.80 bits per heavy atom. The average Bonchev–Trinajstić information content (AvgIpc) is 2.77. The lowest BCUT2D eigenvalue weighted by Crippen LogP contribution is -2.38. The molecule has 0 unspecified atom stereocenters. The Morgan fingerprint density at radius 3 is 2.43 bits per heavy atom. The first-order chi connectivity index (χ1) is 16.5. The van der Waals surface area contributed by atoms with Crippen molar-refractivity contribution in [3.05, 3.63) is 29.6 Å². The summed E-state index contributed by atoms with van der Waals surface area (Å²) >= 11 is 0. The van der Waals surface area contributed by atoms with Gasteiger partial charge in [0.1, 0.15) is 13.3 Å². The summed E-state index contributed by atoms with van der Waals surface area (Å²) in [5.41, 5.74) is 0.564. The molecule has 0 radical (unpaired) electrons. The van der Waals surface area contributed by atoms with Crippen LogP contribution in [0.2, 0.25) is 0 Å². The summed E-state index contributed by atoms with van der Waals surface area (Å²) in [5, 5.41) is 0. The second kappa shape index (κ2) is 15.5. The molecular weight excluding hydrogens is 483 g/mol. The van der Waals surface area contributed by atoms with Crippen molar-refractivity contribution in [1.82, 2.24) is 9.62 Å². The van der Waals surface area contributed by atoms with Crippen molar-refractivity contribution in [2.24, 2.45) is 5.92 Å². The number of halogens is 1. The normalized spacial score (nSPS) is 12.3. The molecule has 1 amide bonds. The Bertz CT molecular complexity index is 911. The number of hydrogen-bond acceptors (Lipinski definition) is 8. The fourth-order valence-electron chi connectivity index (χ4n) is 2.82. The third kappa shape index (κ3) is 12.2. The van der Waals surface area contributed by atoms with Gasteiger partial charge in [-0.25, -0.2) is 22.3 Å². The van der Waals surface area contributed by atoms with Crippen molar-refractivity contribution in [3.63, 3.8) is 0 Å². The molecule has 1 aromatic carbocycles. The predicted octanol–water partition coefficient (Wildman–Crippen LogP) is 3.23. The maximum atomic E-state index is 14.0. The van der Waals surface area contributed by atoms with E-state index in [1.165, 1.54) is 18.2 Å². The van der Waals surface area contributed by atoms with Gasteiger partial charge in [-0.15, -0.1) is 0 Å². The first-order valence-corrected chi connectivity index (χ1v) is 13.2. The monoisotopic (exact) mass is 520 g/mol. The summed E-state index contributed by atoms with van der Waals surface area (Å²) in [6.45, 7) is 8.88. The van der Waals surface area contributed by atoms with Gasteiger partial charge in [-0.3, -0.25) is 9.69 Å². The number of esters is 1. The van der Waals surface area contributed by atoms with Gasteiger partial charge < -0.3 is 18.9 Å². The summed E-state index contributed by atoms with van der Waals surface area (Å²) in [6, 6.07) is 3.63. The molecule has 10 nitrogen and oxygen atoms in total. The smallest absolute Gasteiger partial charge is 0.412 e. The number of sulfonamides is 1. The number of amides is 1. The van der Waals surface area contributed by atoms with E-state index < -0.39 is 33.9 Å². The van der Waals surface area contributed by atoms with Crippen LogP contribution in [0, 0.1) is 11.7 Å². The van der Waals surface area contributed by atoms with E-state index >= 15 is 0 Å². The third-order valence-corrected chi connectivity index (χ3v) is 6.02. The second-order valence-electron chi connectivity index (χ2n) is 8.15. The second-order valence-corrected chi connectivity index (χ2v) is 10.0. The first kappa shape index (κ1) is 30.6. The van der Waals surface area contributed by atoms with Crippen molar-refractivity contribution in [2.45, 2.75) is 47.1 Å². The molecule has 0 fully saturated rings. The van der Waals surface area contributed by atoms with E-state index in [0.717, 1.165) is 4.90 Å². The first-order valence-electron chi connectivity index (χ1n) is 11.6. The van der Waals surface area contributed by atoms with Crippen LogP contribution in [0.4, 0.5) is 9.18 Å². The Hall–Kier alpha value is -2.44. The fourth-order valence-corrected chi connectivity index (χ4v) is 4.11. The zero-order chi connectivity index (χ0) is 26.4. The average molecular weight is 521 g/mol. The molecule has 0 spiro atoms. The van der Waals surface area contributed by atoms with Gasteiger partial charge in [0.15, 0.2) is 11.6 Å². The molecule has 1 rings (SSSR count). The van der Waals surface area contributed by atoms with Crippen LogP contribution < -0.4 is 9.46 Å². The molecule has 1 N–H and O–H groups in total. The number of hydrogen-bond donors (Lipinski definition) is 1. The van der Waals surface area contributed by atoms with Crippen LogP contribution in [0.5, 0.6) is 5.75 Å². The van der Waals surface area contributed by atoms with Gasteiger partial charge in [-0.2, -0.15) is 0 Å². The summed E-state index contributed by atoms with van der Waals surface area (Å²) in [6.07, 6.45) is -0.593. The van der Waals surface area contributed by atoms with Crippen LogP contribution in [0.25, 0.3) is 0 Å². The minimum Gasteiger partial charge on any atom is -0.490 e. The number of rotatable bonds is 16.